The van der Waals surface area contributed by atoms with Gasteiger partial charge in [0.1, 0.15) is 11.2 Å². The Labute approximate surface area is 149 Å². The Morgan fingerprint density at radius 1 is 1.23 bits per heavy atom. The summed E-state index contributed by atoms with van der Waals surface area (Å²) in [6.07, 6.45) is 4.86. The molecule has 0 aliphatic heterocycles. The number of rotatable bonds is 4. The largest absolute Gasteiger partial charge is 0.488 e. The summed E-state index contributed by atoms with van der Waals surface area (Å²) in [6, 6.07) is 9.96. The minimum atomic E-state index is -1.62. The highest BCUT2D eigenvalue weighted by molar-refractivity contribution is 6.58. The summed E-state index contributed by atoms with van der Waals surface area (Å²) in [5.74, 6) is -0.407. The maximum absolute atomic E-state index is 12.7. The van der Waals surface area contributed by atoms with Gasteiger partial charge in [-0.15, -0.1) is 0 Å². The number of hydrogen-bond donors (Lipinski definition) is 3. The molecule has 0 spiro atoms. The van der Waals surface area contributed by atoms with Crippen LogP contribution >= 0.6 is 0 Å². The number of carbonyl (C=O) groups is 1. The van der Waals surface area contributed by atoms with Crippen LogP contribution in [-0.4, -0.2) is 38.7 Å². The topological polar surface area (TPSA) is 104 Å². The minimum Gasteiger partial charge on any atom is -0.423 e. The fourth-order valence-corrected chi connectivity index (χ4v) is 2.84. The van der Waals surface area contributed by atoms with E-state index in [1.165, 1.54) is 6.20 Å². The zero-order valence-electron chi connectivity index (χ0n) is 13.8. The highest BCUT2D eigenvalue weighted by Gasteiger charge is 2.26. The second-order valence-electron chi connectivity index (χ2n) is 6.33. The van der Waals surface area contributed by atoms with Gasteiger partial charge >= 0.3 is 7.12 Å². The quantitative estimate of drug-likeness (QED) is 0.574. The standard InChI is InChI=1S/C18H16BN3O4/c23-16-14-5-2-8-20-17(14)22(10-15(16)18(24)21-12-6-7-12)13-4-1-3-11(9-13)19(25)26/h1-5,8-10,12,25-26H,6-7H2,(H,21,24). The molecule has 1 amide bonds. The summed E-state index contributed by atoms with van der Waals surface area (Å²) in [4.78, 5) is 29.5. The molecular weight excluding hydrogens is 333 g/mol. The lowest BCUT2D eigenvalue weighted by molar-refractivity contribution is 0.0949. The maximum Gasteiger partial charge on any atom is 0.488 e. The number of hydrogen-bond acceptors (Lipinski definition) is 5. The molecule has 1 aliphatic carbocycles. The first-order valence-corrected chi connectivity index (χ1v) is 8.32. The smallest absolute Gasteiger partial charge is 0.423 e. The molecule has 0 unspecified atom stereocenters. The maximum atomic E-state index is 12.7. The number of nitrogens with one attached hydrogen (secondary N) is 1. The van der Waals surface area contributed by atoms with Crippen molar-refractivity contribution in [2.75, 3.05) is 0 Å². The Kier molecular flexibility index (Phi) is 4.06. The first kappa shape index (κ1) is 16.5. The molecule has 0 saturated heterocycles. The summed E-state index contributed by atoms with van der Waals surface area (Å²) >= 11 is 0. The molecule has 3 aromatic rings. The predicted molar refractivity (Wildman–Crippen MR) is 97.7 cm³/mol. The van der Waals surface area contributed by atoms with Gasteiger partial charge in [0.25, 0.3) is 5.91 Å². The van der Waals surface area contributed by atoms with Gasteiger partial charge in [0.2, 0.25) is 5.43 Å². The van der Waals surface area contributed by atoms with Gasteiger partial charge in [0.05, 0.1) is 5.39 Å². The Balaban J connectivity index is 1.93. The molecule has 130 valence electrons. The van der Waals surface area contributed by atoms with E-state index in [0.717, 1.165) is 12.8 Å². The van der Waals surface area contributed by atoms with Gasteiger partial charge in [-0.3, -0.25) is 9.59 Å². The van der Waals surface area contributed by atoms with Crippen LogP contribution in [0.5, 0.6) is 0 Å². The zero-order valence-corrected chi connectivity index (χ0v) is 13.8. The van der Waals surface area contributed by atoms with Crippen LogP contribution < -0.4 is 16.2 Å². The molecule has 8 heteroatoms. The molecule has 1 fully saturated rings. The van der Waals surface area contributed by atoms with E-state index in [-0.39, 0.29) is 17.0 Å². The van der Waals surface area contributed by atoms with E-state index in [1.54, 1.807) is 47.2 Å². The molecule has 0 atom stereocenters. The van der Waals surface area contributed by atoms with Crippen molar-refractivity contribution >= 4 is 29.5 Å². The van der Waals surface area contributed by atoms with Crippen molar-refractivity contribution in [3.63, 3.8) is 0 Å². The average Bonchev–Trinajstić information content (AvgIpc) is 3.46. The Bertz CT molecular complexity index is 1060. The van der Waals surface area contributed by atoms with Crippen LogP contribution in [-0.2, 0) is 0 Å². The zero-order chi connectivity index (χ0) is 18.3. The van der Waals surface area contributed by atoms with E-state index in [2.05, 4.69) is 10.3 Å². The Morgan fingerprint density at radius 3 is 2.77 bits per heavy atom. The lowest BCUT2D eigenvalue weighted by atomic mass is 9.80. The molecule has 1 aliphatic rings. The second-order valence-corrected chi connectivity index (χ2v) is 6.33. The van der Waals surface area contributed by atoms with E-state index in [4.69, 9.17) is 0 Å². The Hall–Kier alpha value is -2.97. The van der Waals surface area contributed by atoms with Crippen LogP contribution in [0.15, 0.2) is 53.6 Å². The van der Waals surface area contributed by atoms with Crippen LogP contribution in [0.4, 0.5) is 0 Å². The predicted octanol–water partition coefficient (Wildman–Crippen LogP) is -0.0423. The number of fused-ring (bicyclic) bond motifs is 1. The summed E-state index contributed by atoms with van der Waals surface area (Å²) < 4.78 is 1.62. The molecule has 4 rings (SSSR count). The molecule has 2 heterocycles. The number of benzene rings is 1. The van der Waals surface area contributed by atoms with Crippen molar-refractivity contribution in [1.82, 2.24) is 14.9 Å². The van der Waals surface area contributed by atoms with Gasteiger partial charge < -0.3 is 19.9 Å². The van der Waals surface area contributed by atoms with Crippen molar-refractivity contribution < 1.29 is 14.8 Å². The number of amides is 1. The summed E-state index contributed by atoms with van der Waals surface area (Å²) in [5.41, 5.74) is 0.923. The van der Waals surface area contributed by atoms with Crippen LogP contribution in [0.3, 0.4) is 0 Å². The van der Waals surface area contributed by atoms with Crippen LogP contribution in [0.2, 0.25) is 0 Å². The third kappa shape index (κ3) is 3.00. The fraction of sp³-hybridized carbons (Fsp3) is 0.167. The first-order chi connectivity index (χ1) is 12.5. The molecule has 7 nitrogen and oxygen atoms in total. The normalized spacial score (nSPS) is 13.6. The van der Waals surface area contributed by atoms with Crippen molar-refractivity contribution in [2.24, 2.45) is 0 Å². The number of carbonyl (C=O) groups excluding carboxylic acids is 1. The number of pyridine rings is 2. The SMILES string of the molecule is O=C(NC1CC1)c1cn(-c2cccc(B(O)O)c2)c2ncccc2c1=O. The first-order valence-electron chi connectivity index (χ1n) is 8.32. The third-order valence-electron chi connectivity index (χ3n) is 4.37. The highest BCUT2D eigenvalue weighted by atomic mass is 16.4. The van der Waals surface area contributed by atoms with E-state index >= 15 is 0 Å². The van der Waals surface area contributed by atoms with E-state index in [1.807, 2.05) is 0 Å². The summed E-state index contributed by atoms with van der Waals surface area (Å²) in [7, 11) is -1.62. The Morgan fingerprint density at radius 2 is 2.04 bits per heavy atom. The monoisotopic (exact) mass is 349 g/mol. The minimum absolute atomic E-state index is 0.0346. The van der Waals surface area contributed by atoms with Gasteiger partial charge in [0.15, 0.2) is 0 Å². The summed E-state index contributed by atoms with van der Waals surface area (Å²) in [6.45, 7) is 0. The molecule has 3 N–H and O–H groups in total. The highest BCUT2D eigenvalue weighted by Crippen LogP contribution is 2.20. The van der Waals surface area contributed by atoms with Gasteiger partial charge in [-0.1, -0.05) is 12.1 Å². The molecule has 0 radical (unpaired) electrons. The number of aromatic nitrogens is 2. The average molecular weight is 349 g/mol. The van der Waals surface area contributed by atoms with Crippen molar-refractivity contribution in [2.45, 2.75) is 18.9 Å². The molecular formula is C18H16BN3O4. The molecule has 1 aromatic carbocycles. The van der Waals surface area contributed by atoms with Gasteiger partial charge in [-0.25, -0.2) is 4.98 Å². The molecule has 0 bridgehead atoms. The van der Waals surface area contributed by atoms with Crippen LogP contribution in [0.1, 0.15) is 23.2 Å². The van der Waals surface area contributed by atoms with Gasteiger partial charge in [0, 0.05) is 24.1 Å². The van der Waals surface area contributed by atoms with Gasteiger partial charge in [-0.05, 0) is 42.6 Å². The van der Waals surface area contributed by atoms with E-state index < -0.39 is 13.0 Å². The lowest BCUT2D eigenvalue weighted by Gasteiger charge is -2.13. The van der Waals surface area contributed by atoms with Crippen molar-refractivity contribution in [3.05, 3.63) is 64.6 Å². The van der Waals surface area contributed by atoms with Gasteiger partial charge in [-0.2, -0.15) is 0 Å². The molecule has 2 aromatic heterocycles. The molecule has 26 heavy (non-hydrogen) atoms. The van der Waals surface area contributed by atoms with Crippen molar-refractivity contribution in [3.8, 4) is 5.69 Å². The van der Waals surface area contributed by atoms with Crippen molar-refractivity contribution in [1.29, 1.82) is 0 Å². The van der Waals surface area contributed by atoms with E-state index in [9.17, 15) is 19.6 Å². The summed E-state index contributed by atoms with van der Waals surface area (Å²) in [5, 5.41) is 22.0. The third-order valence-corrected chi connectivity index (χ3v) is 4.37. The lowest BCUT2D eigenvalue weighted by Crippen LogP contribution is -2.32. The number of nitrogens with zero attached hydrogens (tertiary/aromatic N) is 2. The van der Waals surface area contributed by atoms with E-state index in [0.29, 0.717) is 22.2 Å². The fourth-order valence-electron chi connectivity index (χ4n) is 2.84. The second kappa shape index (κ2) is 6.40. The van der Waals surface area contributed by atoms with Crippen LogP contribution in [0.25, 0.3) is 16.7 Å². The van der Waals surface area contributed by atoms with Crippen LogP contribution in [0, 0.1) is 0 Å². The molecule has 1 saturated carbocycles.